The topological polar surface area (TPSA) is 117 Å². The molecule has 0 radical (unpaired) electrons. The molecule has 10 nitrogen and oxygen atoms in total. The fourth-order valence-corrected chi connectivity index (χ4v) is 7.64. The zero-order chi connectivity index (χ0) is 29.7. The largest absolute Gasteiger partial charge is 0.508 e. The zero-order valence-electron chi connectivity index (χ0n) is 23.0. The van der Waals surface area contributed by atoms with Crippen LogP contribution in [0.3, 0.4) is 0 Å². The summed E-state index contributed by atoms with van der Waals surface area (Å²) in [6.07, 6.45) is 1.01. The van der Waals surface area contributed by atoms with Gasteiger partial charge in [0.2, 0.25) is 5.91 Å². The van der Waals surface area contributed by atoms with Crippen LogP contribution in [0, 0.1) is 0 Å². The summed E-state index contributed by atoms with van der Waals surface area (Å²) < 4.78 is 40.2. The molecule has 2 amide bonds. The number of benzene rings is 3. The first-order valence-corrected chi connectivity index (χ1v) is 14.7. The number of halogens is 1. The molecule has 2 heterocycles. The molecule has 1 saturated heterocycles. The predicted molar refractivity (Wildman–Crippen MR) is 153 cm³/mol. The van der Waals surface area contributed by atoms with Gasteiger partial charge in [0, 0.05) is 42.9 Å². The smallest absolute Gasteiger partial charge is 0.274 e. The van der Waals surface area contributed by atoms with E-state index in [1.807, 2.05) is 0 Å². The first kappa shape index (κ1) is 28.7. The standard InChI is InChI=1S/C29H30ClN3O7S/c1-31(2)27(35)23-9-7-15-32(23)29(20-8-5-6-10-24(20)34)21-16-18(30)11-13-22(21)33(28(29)36)41(37,38)26-14-12-19(39-3)17-25(26)40-4/h5-6,8,10-14,16-17,23,34H,7,9,15H2,1-4H3/t23-,29?/m0/s1. The van der Waals surface area contributed by atoms with Crippen LogP contribution < -0.4 is 13.8 Å². The lowest BCUT2D eigenvalue weighted by molar-refractivity contribution is -0.138. The Morgan fingerprint density at radius 2 is 1.78 bits per heavy atom. The van der Waals surface area contributed by atoms with Gasteiger partial charge in [0.15, 0.2) is 5.54 Å². The number of phenolic OH excluding ortho intramolecular Hbond substituents is 1. The number of nitrogens with zero attached hydrogens (tertiary/aromatic N) is 3. The summed E-state index contributed by atoms with van der Waals surface area (Å²) in [6.45, 7) is 0.288. The summed E-state index contributed by atoms with van der Waals surface area (Å²) in [5.74, 6) is -0.989. The second-order valence-corrected chi connectivity index (χ2v) is 12.3. The lowest BCUT2D eigenvalue weighted by Gasteiger charge is -2.41. The van der Waals surface area contributed by atoms with E-state index in [1.165, 1.54) is 61.6 Å². The minimum atomic E-state index is -4.60. The Labute approximate surface area is 243 Å². The molecule has 0 aromatic heterocycles. The Morgan fingerprint density at radius 3 is 2.44 bits per heavy atom. The summed E-state index contributed by atoms with van der Waals surface area (Å²) in [5.41, 5.74) is -1.44. The second-order valence-electron chi connectivity index (χ2n) is 10.1. The number of hydrogen-bond acceptors (Lipinski definition) is 8. The summed E-state index contributed by atoms with van der Waals surface area (Å²) in [6, 6.07) is 14.2. The van der Waals surface area contributed by atoms with E-state index >= 15 is 0 Å². The zero-order valence-corrected chi connectivity index (χ0v) is 24.6. The molecular formula is C29H30ClN3O7S. The number of likely N-dealkylation sites (tertiary alicyclic amines) is 1. The number of aromatic hydroxyl groups is 1. The van der Waals surface area contributed by atoms with E-state index in [9.17, 15) is 23.1 Å². The van der Waals surface area contributed by atoms with Crippen molar-refractivity contribution in [1.29, 1.82) is 0 Å². The van der Waals surface area contributed by atoms with Gasteiger partial charge in [-0.25, -0.2) is 12.7 Å². The van der Waals surface area contributed by atoms with E-state index in [1.54, 1.807) is 37.2 Å². The fourth-order valence-electron chi connectivity index (χ4n) is 5.87. The molecule has 1 N–H and O–H groups in total. The summed E-state index contributed by atoms with van der Waals surface area (Å²) in [4.78, 5) is 31.3. The minimum absolute atomic E-state index is 0.0189. The summed E-state index contributed by atoms with van der Waals surface area (Å²) in [7, 11) is 1.41. The minimum Gasteiger partial charge on any atom is -0.508 e. The monoisotopic (exact) mass is 599 g/mol. The Hall–Kier alpha value is -3.80. The van der Waals surface area contributed by atoms with Crippen LogP contribution in [0.5, 0.6) is 17.2 Å². The van der Waals surface area contributed by atoms with E-state index < -0.39 is 27.5 Å². The van der Waals surface area contributed by atoms with Crippen molar-refractivity contribution in [2.75, 3.05) is 39.2 Å². The number of methoxy groups -OCH3 is 2. The molecule has 2 atom stereocenters. The molecule has 5 rings (SSSR count). The van der Waals surface area contributed by atoms with Crippen LogP contribution in [0.1, 0.15) is 24.0 Å². The maximum atomic E-state index is 15.0. The molecule has 2 aliphatic rings. The van der Waals surface area contributed by atoms with E-state index in [2.05, 4.69) is 0 Å². The number of hydrogen-bond donors (Lipinski definition) is 1. The van der Waals surface area contributed by atoms with E-state index in [4.69, 9.17) is 21.1 Å². The number of rotatable bonds is 7. The van der Waals surface area contributed by atoms with Crippen molar-refractivity contribution < 1.29 is 32.6 Å². The number of amides is 2. The maximum Gasteiger partial charge on any atom is 0.274 e. The van der Waals surface area contributed by atoms with Crippen LogP contribution in [0.2, 0.25) is 5.02 Å². The van der Waals surface area contributed by atoms with Gasteiger partial charge < -0.3 is 19.5 Å². The third-order valence-electron chi connectivity index (χ3n) is 7.65. The van der Waals surface area contributed by atoms with E-state index in [0.29, 0.717) is 18.6 Å². The van der Waals surface area contributed by atoms with Gasteiger partial charge >= 0.3 is 0 Å². The Morgan fingerprint density at radius 1 is 1.05 bits per heavy atom. The summed E-state index contributed by atoms with van der Waals surface area (Å²) in [5, 5.41) is 11.4. The van der Waals surface area contributed by atoms with Crippen LogP contribution in [-0.4, -0.2) is 76.0 Å². The quantitative estimate of drug-likeness (QED) is 0.438. The third-order valence-corrected chi connectivity index (χ3v) is 9.62. The number of phenols is 1. The molecule has 3 aromatic rings. The number of ether oxygens (including phenoxy) is 2. The number of carbonyl (C=O) groups excluding carboxylic acids is 2. The number of anilines is 1. The van der Waals surface area contributed by atoms with Crippen LogP contribution in [0.25, 0.3) is 0 Å². The highest BCUT2D eigenvalue weighted by molar-refractivity contribution is 7.93. The average molecular weight is 600 g/mol. The van der Waals surface area contributed by atoms with Crippen molar-refractivity contribution in [1.82, 2.24) is 9.80 Å². The molecule has 0 saturated carbocycles. The molecule has 0 bridgehead atoms. The molecule has 216 valence electrons. The molecule has 1 unspecified atom stereocenters. The van der Waals surface area contributed by atoms with Gasteiger partial charge in [-0.2, -0.15) is 0 Å². The van der Waals surface area contributed by atoms with Gasteiger partial charge in [-0.15, -0.1) is 0 Å². The van der Waals surface area contributed by atoms with Crippen molar-refractivity contribution >= 4 is 39.1 Å². The van der Waals surface area contributed by atoms with Crippen molar-refractivity contribution in [2.45, 2.75) is 29.3 Å². The van der Waals surface area contributed by atoms with Crippen molar-refractivity contribution in [3.8, 4) is 17.2 Å². The number of likely N-dealkylation sites (N-methyl/N-ethyl adjacent to an activating group) is 1. The van der Waals surface area contributed by atoms with Gasteiger partial charge in [-0.05, 0) is 49.2 Å². The first-order valence-electron chi connectivity index (χ1n) is 12.9. The molecule has 3 aromatic carbocycles. The SMILES string of the molecule is COc1ccc(S(=O)(=O)N2C(=O)C(c3ccccc3O)(N3CCC[C@H]3C(=O)N(C)C)c3cc(Cl)ccc32)c(OC)c1. The Balaban J connectivity index is 1.83. The number of sulfonamides is 1. The van der Waals surface area contributed by atoms with Crippen LogP contribution in [-0.2, 0) is 25.2 Å². The average Bonchev–Trinajstić information content (AvgIpc) is 3.53. The van der Waals surface area contributed by atoms with Crippen LogP contribution in [0.15, 0.2) is 65.6 Å². The fraction of sp³-hybridized carbons (Fsp3) is 0.310. The molecule has 0 spiro atoms. The highest BCUT2D eigenvalue weighted by Gasteiger charge is 2.63. The maximum absolute atomic E-state index is 15.0. The lowest BCUT2D eigenvalue weighted by Crippen LogP contribution is -2.59. The van der Waals surface area contributed by atoms with Gasteiger partial charge in [0.05, 0.1) is 25.9 Å². The molecule has 12 heteroatoms. The van der Waals surface area contributed by atoms with Gasteiger partial charge in [0.1, 0.15) is 22.1 Å². The molecular weight excluding hydrogens is 570 g/mol. The number of para-hydroxylation sites is 1. The number of carbonyl (C=O) groups is 2. The number of fused-ring (bicyclic) bond motifs is 1. The summed E-state index contributed by atoms with van der Waals surface area (Å²) >= 11 is 6.47. The molecule has 2 aliphatic heterocycles. The molecule has 1 fully saturated rings. The van der Waals surface area contributed by atoms with E-state index in [0.717, 1.165) is 4.31 Å². The Bertz CT molecular complexity index is 1650. The molecule has 41 heavy (non-hydrogen) atoms. The Kier molecular flexibility index (Phi) is 7.39. The lowest BCUT2D eigenvalue weighted by atomic mass is 9.81. The van der Waals surface area contributed by atoms with Gasteiger partial charge in [0.25, 0.3) is 15.9 Å². The van der Waals surface area contributed by atoms with Crippen molar-refractivity contribution in [3.05, 3.63) is 76.8 Å². The third kappa shape index (κ3) is 4.30. The van der Waals surface area contributed by atoms with Crippen molar-refractivity contribution in [2.24, 2.45) is 0 Å². The van der Waals surface area contributed by atoms with Crippen molar-refractivity contribution in [3.63, 3.8) is 0 Å². The highest BCUT2D eigenvalue weighted by atomic mass is 35.5. The molecule has 0 aliphatic carbocycles. The van der Waals surface area contributed by atoms with Crippen LogP contribution in [0.4, 0.5) is 5.69 Å². The first-order chi connectivity index (χ1) is 19.5. The predicted octanol–water partition coefficient (Wildman–Crippen LogP) is 3.59. The van der Waals surface area contributed by atoms with Gasteiger partial charge in [-0.3, -0.25) is 14.5 Å². The van der Waals surface area contributed by atoms with E-state index in [-0.39, 0.29) is 50.7 Å². The highest BCUT2D eigenvalue weighted by Crippen LogP contribution is 2.55. The van der Waals surface area contributed by atoms with Gasteiger partial charge in [-0.1, -0.05) is 29.8 Å². The van der Waals surface area contributed by atoms with Crippen LogP contribution >= 0.6 is 11.6 Å². The normalized spacial score (nSPS) is 20.7. The second kappa shape index (κ2) is 10.6.